The zero-order valence-electron chi connectivity index (χ0n) is 11.1. The maximum Gasteiger partial charge on any atom is 0.250 e. The van der Waals surface area contributed by atoms with Crippen LogP contribution in [0.1, 0.15) is 12.8 Å². The van der Waals surface area contributed by atoms with Gasteiger partial charge in [0.15, 0.2) is 0 Å². The molecule has 3 rings (SSSR count). The Morgan fingerprint density at radius 2 is 2.15 bits per heavy atom. The van der Waals surface area contributed by atoms with E-state index in [1.807, 2.05) is 12.1 Å². The fourth-order valence-corrected chi connectivity index (χ4v) is 3.25. The number of carbonyl (C=O) groups is 2. The van der Waals surface area contributed by atoms with Crippen molar-refractivity contribution in [3.05, 3.63) is 22.7 Å². The highest BCUT2D eigenvalue weighted by molar-refractivity contribution is 9.10. The van der Waals surface area contributed by atoms with Crippen molar-refractivity contribution >= 4 is 33.4 Å². The third-order valence-electron chi connectivity index (χ3n) is 3.86. The number of carbonyl (C=O) groups excluding carboxylic acids is 2. The molecule has 0 saturated carbocycles. The van der Waals surface area contributed by atoms with E-state index in [0.29, 0.717) is 18.0 Å². The smallest absolute Gasteiger partial charge is 0.250 e. The fraction of sp³-hybridized carbons (Fsp3) is 0.429. The molecule has 0 aliphatic carbocycles. The van der Waals surface area contributed by atoms with Crippen LogP contribution in [-0.4, -0.2) is 43.0 Å². The summed E-state index contributed by atoms with van der Waals surface area (Å²) in [7, 11) is 1.58. The molecule has 0 N–H and O–H groups in total. The number of amides is 2. The van der Waals surface area contributed by atoms with Gasteiger partial charge in [0.05, 0.1) is 11.6 Å². The summed E-state index contributed by atoms with van der Waals surface area (Å²) in [6, 6.07) is 5.14. The number of fused-ring (bicyclic) bond motifs is 1. The molecule has 2 amide bonds. The van der Waals surface area contributed by atoms with E-state index >= 15 is 0 Å². The van der Waals surface area contributed by atoms with Crippen molar-refractivity contribution in [2.75, 3.05) is 25.1 Å². The normalized spacial score (nSPS) is 22.2. The summed E-state index contributed by atoms with van der Waals surface area (Å²) in [4.78, 5) is 27.9. The van der Waals surface area contributed by atoms with E-state index in [4.69, 9.17) is 4.74 Å². The summed E-state index contributed by atoms with van der Waals surface area (Å²) >= 11 is 3.38. The zero-order chi connectivity index (χ0) is 14.3. The summed E-state index contributed by atoms with van der Waals surface area (Å²) in [6.45, 7) is 0.812. The van der Waals surface area contributed by atoms with E-state index in [-0.39, 0.29) is 24.4 Å². The minimum Gasteiger partial charge on any atom is -0.495 e. The minimum atomic E-state index is -0.286. The van der Waals surface area contributed by atoms with E-state index in [1.54, 1.807) is 23.0 Å². The average Bonchev–Trinajstić information content (AvgIpc) is 2.94. The van der Waals surface area contributed by atoms with Crippen LogP contribution in [0.3, 0.4) is 0 Å². The highest BCUT2D eigenvalue weighted by Gasteiger charge is 2.42. The number of hydrogen-bond donors (Lipinski definition) is 0. The number of ether oxygens (including phenoxy) is 1. The molecule has 2 saturated heterocycles. The number of piperazine rings is 1. The SMILES string of the molecule is COc1cc(N2CC(=O)N3CCCC3C2=O)ccc1Br. The Bertz CT molecular complexity index is 576. The van der Waals surface area contributed by atoms with Crippen molar-refractivity contribution in [3.63, 3.8) is 0 Å². The topological polar surface area (TPSA) is 49.9 Å². The van der Waals surface area contributed by atoms with Crippen LogP contribution < -0.4 is 9.64 Å². The molecule has 5 nitrogen and oxygen atoms in total. The van der Waals surface area contributed by atoms with Gasteiger partial charge in [-0.15, -0.1) is 0 Å². The Kier molecular flexibility index (Phi) is 3.41. The fourth-order valence-electron chi connectivity index (χ4n) is 2.84. The summed E-state index contributed by atoms with van der Waals surface area (Å²) in [6.07, 6.45) is 1.66. The molecular weight excluding hydrogens is 324 g/mol. The first-order valence-corrected chi connectivity index (χ1v) is 7.35. The Morgan fingerprint density at radius 3 is 2.90 bits per heavy atom. The molecule has 0 bridgehead atoms. The van der Waals surface area contributed by atoms with Crippen molar-refractivity contribution in [3.8, 4) is 5.75 Å². The van der Waals surface area contributed by atoms with Gasteiger partial charge in [0.1, 0.15) is 18.3 Å². The molecule has 6 heteroatoms. The Labute approximate surface area is 125 Å². The third kappa shape index (κ3) is 2.08. The second-order valence-corrected chi connectivity index (χ2v) is 5.84. The summed E-state index contributed by atoms with van der Waals surface area (Å²) in [5.41, 5.74) is 0.704. The van der Waals surface area contributed by atoms with Crippen LogP contribution >= 0.6 is 15.9 Å². The summed E-state index contributed by atoms with van der Waals surface area (Å²) < 4.78 is 6.07. The molecule has 1 aromatic rings. The van der Waals surface area contributed by atoms with Gasteiger partial charge < -0.3 is 14.5 Å². The van der Waals surface area contributed by atoms with Crippen LogP contribution in [0.25, 0.3) is 0 Å². The van der Waals surface area contributed by atoms with Gasteiger partial charge in [-0.1, -0.05) is 0 Å². The second-order valence-electron chi connectivity index (χ2n) is 4.99. The molecule has 0 spiro atoms. The Hall–Kier alpha value is -1.56. The van der Waals surface area contributed by atoms with Crippen LogP contribution in [0, 0.1) is 0 Å². The van der Waals surface area contributed by atoms with Gasteiger partial charge in [-0.3, -0.25) is 9.59 Å². The van der Waals surface area contributed by atoms with Crippen molar-refractivity contribution in [1.29, 1.82) is 0 Å². The zero-order valence-corrected chi connectivity index (χ0v) is 12.7. The predicted molar refractivity (Wildman–Crippen MR) is 77.8 cm³/mol. The lowest BCUT2D eigenvalue weighted by atomic mass is 10.1. The van der Waals surface area contributed by atoms with Crippen molar-refractivity contribution < 1.29 is 14.3 Å². The van der Waals surface area contributed by atoms with E-state index in [2.05, 4.69) is 15.9 Å². The molecule has 20 heavy (non-hydrogen) atoms. The average molecular weight is 339 g/mol. The Balaban J connectivity index is 1.93. The predicted octanol–water partition coefficient (Wildman–Crippen LogP) is 1.80. The van der Waals surface area contributed by atoms with Gasteiger partial charge >= 0.3 is 0 Å². The lowest BCUT2D eigenvalue weighted by Crippen LogP contribution is -2.57. The Morgan fingerprint density at radius 1 is 1.35 bits per heavy atom. The lowest BCUT2D eigenvalue weighted by molar-refractivity contribution is -0.140. The van der Waals surface area contributed by atoms with Gasteiger partial charge in [0, 0.05) is 18.3 Å². The van der Waals surface area contributed by atoms with Crippen molar-refractivity contribution in [2.45, 2.75) is 18.9 Å². The number of methoxy groups -OCH3 is 1. The minimum absolute atomic E-state index is 0.00600. The highest BCUT2D eigenvalue weighted by Crippen LogP contribution is 2.32. The van der Waals surface area contributed by atoms with Gasteiger partial charge in [0.2, 0.25) is 11.8 Å². The van der Waals surface area contributed by atoms with Gasteiger partial charge in [-0.25, -0.2) is 0 Å². The monoisotopic (exact) mass is 338 g/mol. The van der Waals surface area contributed by atoms with Crippen molar-refractivity contribution in [2.24, 2.45) is 0 Å². The molecule has 1 unspecified atom stereocenters. The van der Waals surface area contributed by atoms with Gasteiger partial charge in [0.25, 0.3) is 0 Å². The molecule has 1 atom stereocenters. The van der Waals surface area contributed by atoms with Crippen LogP contribution in [-0.2, 0) is 9.59 Å². The van der Waals surface area contributed by atoms with E-state index in [0.717, 1.165) is 17.3 Å². The van der Waals surface area contributed by atoms with Crippen molar-refractivity contribution in [1.82, 2.24) is 4.90 Å². The largest absolute Gasteiger partial charge is 0.495 e. The molecule has 0 aromatic heterocycles. The molecule has 2 heterocycles. The standard InChI is InChI=1S/C14H15BrN2O3/c1-20-12-7-9(4-5-10(12)15)17-8-13(18)16-6-2-3-11(16)14(17)19/h4-5,7,11H,2-3,6,8H2,1H3. The highest BCUT2D eigenvalue weighted by atomic mass is 79.9. The molecule has 2 aliphatic heterocycles. The maximum absolute atomic E-state index is 12.5. The van der Waals surface area contributed by atoms with Gasteiger partial charge in [-0.05, 0) is 40.9 Å². The van der Waals surface area contributed by atoms with E-state index in [1.165, 1.54) is 0 Å². The summed E-state index contributed by atoms with van der Waals surface area (Å²) in [5, 5.41) is 0. The van der Waals surface area contributed by atoms with Crippen LogP contribution in [0.5, 0.6) is 5.75 Å². The van der Waals surface area contributed by atoms with Crippen LogP contribution in [0.15, 0.2) is 22.7 Å². The maximum atomic E-state index is 12.5. The first-order valence-electron chi connectivity index (χ1n) is 6.56. The molecule has 2 fully saturated rings. The van der Waals surface area contributed by atoms with E-state index in [9.17, 15) is 9.59 Å². The van der Waals surface area contributed by atoms with Gasteiger partial charge in [-0.2, -0.15) is 0 Å². The van der Waals surface area contributed by atoms with Crippen LogP contribution in [0.4, 0.5) is 5.69 Å². The lowest BCUT2D eigenvalue weighted by Gasteiger charge is -2.36. The first kappa shape index (κ1) is 13.4. The number of halogens is 1. The first-order chi connectivity index (χ1) is 9.61. The second kappa shape index (κ2) is 5.09. The summed E-state index contributed by atoms with van der Waals surface area (Å²) in [5.74, 6) is 0.678. The molecule has 0 radical (unpaired) electrons. The number of nitrogens with zero attached hydrogens (tertiary/aromatic N) is 2. The molecule has 106 valence electrons. The quantitative estimate of drug-likeness (QED) is 0.826. The number of anilines is 1. The third-order valence-corrected chi connectivity index (χ3v) is 4.52. The number of rotatable bonds is 2. The molecule has 1 aromatic carbocycles. The molecule has 2 aliphatic rings. The molecular formula is C14H15BrN2O3. The number of benzene rings is 1. The number of hydrogen-bond acceptors (Lipinski definition) is 3. The van der Waals surface area contributed by atoms with Crippen LogP contribution in [0.2, 0.25) is 0 Å². The van der Waals surface area contributed by atoms with E-state index < -0.39 is 0 Å².